The van der Waals surface area contributed by atoms with Crippen LogP contribution in [0, 0.1) is 0 Å². The minimum atomic E-state index is -3.77. The van der Waals surface area contributed by atoms with Gasteiger partial charge in [-0.3, -0.25) is 4.72 Å². The second-order valence-electron chi connectivity index (χ2n) is 3.96. The topological polar surface area (TPSA) is 104 Å². The molecule has 104 valence electrons. The van der Waals surface area contributed by atoms with E-state index in [1.165, 1.54) is 18.2 Å². The molecule has 0 fully saturated rings. The van der Waals surface area contributed by atoms with Gasteiger partial charge in [0.25, 0.3) is 10.0 Å². The fraction of sp³-hybridized carbons (Fsp3) is 0. The average molecular weight is 293 g/mol. The van der Waals surface area contributed by atoms with Gasteiger partial charge in [-0.25, -0.2) is 13.2 Å². The number of phenols is 1. The van der Waals surface area contributed by atoms with Crippen LogP contribution in [0.15, 0.2) is 53.4 Å². The normalized spacial score (nSPS) is 11.0. The molecular formula is C13H11NO5S. The number of hydrogen-bond donors (Lipinski definition) is 3. The number of carboxylic acids is 1. The van der Waals surface area contributed by atoms with Crippen molar-refractivity contribution in [2.75, 3.05) is 4.72 Å². The third-order valence-electron chi connectivity index (χ3n) is 2.53. The summed E-state index contributed by atoms with van der Waals surface area (Å²) in [6.07, 6.45) is 0. The zero-order chi connectivity index (χ0) is 14.8. The van der Waals surface area contributed by atoms with E-state index in [2.05, 4.69) is 4.72 Å². The minimum absolute atomic E-state index is 0.0711. The fourth-order valence-electron chi connectivity index (χ4n) is 1.59. The number of anilines is 1. The standard InChI is InChI=1S/C13H11NO5S/c15-12-8-9(6-7-11(12)13(16)17)14-20(18,19)10-4-2-1-3-5-10/h1-8,14-15H,(H,16,17). The summed E-state index contributed by atoms with van der Waals surface area (Å²) in [5.74, 6) is -1.80. The highest BCUT2D eigenvalue weighted by molar-refractivity contribution is 7.92. The van der Waals surface area contributed by atoms with Crippen LogP contribution in [-0.4, -0.2) is 24.6 Å². The third-order valence-corrected chi connectivity index (χ3v) is 3.93. The van der Waals surface area contributed by atoms with Crippen molar-refractivity contribution in [1.82, 2.24) is 0 Å². The molecular weight excluding hydrogens is 282 g/mol. The van der Waals surface area contributed by atoms with Crippen molar-refractivity contribution in [3.8, 4) is 5.75 Å². The zero-order valence-corrected chi connectivity index (χ0v) is 11.0. The monoisotopic (exact) mass is 293 g/mol. The lowest BCUT2D eigenvalue weighted by Gasteiger charge is -2.09. The molecule has 0 saturated heterocycles. The second-order valence-corrected chi connectivity index (χ2v) is 5.64. The lowest BCUT2D eigenvalue weighted by molar-refractivity contribution is 0.0694. The molecule has 20 heavy (non-hydrogen) atoms. The molecule has 0 saturated carbocycles. The van der Waals surface area contributed by atoms with E-state index in [1.54, 1.807) is 18.2 Å². The number of hydrogen-bond acceptors (Lipinski definition) is 4. The van der Waals surface area contributed by atoms with Gasteiger partial charge in [0.1, 0.15) is 11.3 Å². The Morgan fingerprint density at radius 1 is 1.05 bits per heavy atom. The van der Waals surface area contributed by atoms with Gasteiger partial charge in [-0.1, -0.05) is 18.2 Å². The maximum atomic E-state index is 12.0. The number of aromatic carboxylic acids is 1. The van der Waals surface area contributed by atoms with Crippen molar-refractivity contribution in [2.45, 2.75) is 4.90 Å². The van der Waals surface area contributed by atoms with Crippen molar-refractivity contribution < 1.29 is 23.4 Å². The Hall–Kier alpha value is -2.54. The number of sulfonamides is 1. The number of nitrogens with one attached hydrogen (secondary N) is 1. The van der Waals surface area contributed by atoms with Crippen molar-refractivity contribution >= 4 is 21.7 Å². The predicted octanol–water partition coefficient (Wildman–Crippen LogP) is 1.89. The summed E-state index contributed by atoms with van der Waals surface area (Å²) in [7, 11) is -3.77. The Bertz CT molecular complexity index is 741. The Morgan fingerprint density at radius 3 is 2.25 bits per heavy atom. The van der Waals surface area contributed by atoms with Gasteiger partial charge in [0.05, 0.1) is 10.6 Å². The molecule has 0 aliphatic heterocycles. The van der Waals surface area contributed by atoms with Crippen LogP contribution in [0.4, 0.5) is 5.69 Å². The molecule has 2 aromatic carbocycles. The van der Waals surface area contributed by atoms with Crippen molar-refractivity contribution in [3.05, 3.63) is 54.1 Å². The van der Waals surface area contributed by atoms with Crippen LogP contribution in [0.5, 0.6) is 5.75 Å². The summed E-state index contributed by atoms with van der Waals surface area (Å²) in [6.45, 7) is 0. The summed E-state index contributed by atoms with van der Waals surface area (Å²) in [6, 6.07) is 11.1. The van der Waals surface area contributed by atoms with Gasteiger partial charge in [0, 0.05) is 6.07 Å². The Labute approximate surface area is 115 Å². The third kappa shape index (κ3) is 2.89. The molecule has 7 heteroatoms. The van der Waals surface area contributed by atoms with E-state index in [0.29, 0.717) is 0 Å². The fourth-order valence-corrected chi connectivity index (χ4v) is 2.66. The summed E-state index contributed by atoms with van der Waals surface area (Å²) in [4.78, 5) is 10.8. The summed E-state index contributed by atoms with van der Waals surface area (Å²) >= 11 is 0. The van der Waals surface area contributed by atoms with Gasteiger partial charge in [0.15, 0.2) is 0 Å². The average Bonchev–Trinajstić information content (AvgIpc) is 2.39. The molecule has 0 bridgehead atoms. The quantitative estimate of drug-likeness (QED) is 0.798. The van der Waals surface area contributed by atoms with Crippen molar-refractivity contribution in [3.63, 3.8) is 0 Å². The first-order valence-electron chi connectivity index (χ1n) is 5.54. The van der Waals surface area contributed by atoms with Crippen LogP contribution in [-0.2, 0) is 10.0 Å². The van der Waals surface area contributed by atoms with E-state index < -0.39 is 21.7 Å². The number of carbonyl (C=O) groups is 1. The molecule has 0 aromatic heterocycles. The summed E-state index contributed by atoms with van der Waals surface area (Å²) < 4.78 is 26.3. The van der Waals surface area contributed by atoms with Crippen LogP contribution < -0.4 is 4.72 Å². The summed E-state index contributed by atoms with van der Waals surface area (Å²) in [5.41, 5.74) is -0.219. The Morgan fingerprint density at radius 2 is 1.70 bits per heavy atom. The first-order chi connectivity index (χ1) is 9.40. The van der Waals surface area contributed by atoms with Gasteiger partial charge >= 0.3 is 5.97 Å². The Balaban J connectivity index is 2.31. The summed E-state index contributed by atoms with van der Waals surface area (Å²) in [5, 5.41) is 18.3. The van der Waals surface area contributed by atoms with Crippen molar-refractivity contribution in [2.24, 2.45) is 0 Å². The second kappa shape index (κ2) is 5.22. The van der Waals surface area contributed by atoms with Crippen LogP contribution >= 0.6 is 0 Å². The molecule has 0 spiro atoms. The smallest absolute Gasteiger partial charge is 0.339 e. The van der Waals surface area contributed by atoms with E-state index in [9.17, 15) is 18.3 Å². The molecule has 0 radical (unpaired) electrons. The van der Waals surface area contributed by atoms with Crippen LogP contribution in [0.3, 0.4) is 0 Å². The molecule has 0 aliphatic rings. The van der Waals surface area contributed by atoms with E-state index in [4.69, 9.17) is 5.11 Å². The Kier molecular flexibility index (Phi) is 3.62. The predicted molar refractivity (Wildman–Crippen MR) is 72.3 cm³/mol. The van der Waals surface area contributed by atoms with Crippen LogP contribution in [0.25, 0.3) is 0 Å². The highest BCUT2D eigenvalue weighted by Crippen LogP contribution is 2.24. The van der Waals surface area contributed by atoms with Gasteiger partial charge in [-0.15, -0.1) is 0 Å². The molecule has 3 N–H and O–H groups in total. The van der Waals surface area contributed by atoms with E-state index in [-0.39, 0.29) is 16.1 Å². The highest BCUT2D eigenvalue weighted by Gasteiger charge is 2.15. The number of carboxylic acid groups (broad SMARTS) is 1. The van der Waals surface area contributed by atoms with Gasteiger partial charge in [-0.2, -0.15) is 0 Å². The number of aromatic hydroxyl groups is 1. The van der Waals surface area contributed by atoms with E-state index in [1.807, 2.05) is 0 Å². The van der Waals surface area contributed by atoms with Crippen LogP contribution in [0.2, 0.25) is 0 Å². The first-order valence-corrected chi connectivity index (χ1v) is 7.02. The van der Waals surface area contributed by atoms with Gasteiger partial charge in [-0.05, 0) is 24.3 Å². The maximum Gasteiger partial charge on any atom is 0.339 e. The number of rotatable bonds is 4. The van der Waals surface area contributed by atoms with Gasteiger partial charge in [0.2, 0.25) is 0 Å². The van der Waals surface area contributed by atoms with E-state index >= 15 is 0 Å². The molecule has 0 amide bonds. The molecule has 6 nitrogen and oxygen atoms in total. The lowest BCUT2D eigenvalue weighted by atomic mass is 10.2. The molecule has 0 aliphatic carbocycles. The molecule has 2 aromatic rings. The van der Waals surface area contributed by atoms with E-state index in [0.717, 1.165) is 12.1 Å². The molecule has 2 rings (SSSR count). The molecule has 0 heterocycles. The first kappa shape index (κ1) is 13.9. The molecule has 0 unspecified atom stereocenters. The zero-order valence-electron chi connectivity index (χ0n) is 10.1. The highest BCUT2D eigenvalue weighted by atomic mass is 32.2. The molecule has 0 atom stereocenters. The van der Waals surface area contributed by atoms with Crippen LogP contribution in [0.1, 0.15) is 10.4 Å². The van der Waals surface area contributed by atoms with Crippen molar-refractivity contribution in [1.29, 1.82) is 0 Å². The minimum Gasteiger partial charge on any atom is -0.507 e. The largest absolute Gasteiger partial charge is 0.507 e. The SMILES string of the molecule is O=C(O)c1ccc(NS(=O)(=O)c2ccccc2)cc1O. The lowest BCUT2D eigenvalue weighted by Crippen LogP contribution is -2.12. The maximum absolute atomic E-state index is 12.0. The van der Waals surface area contributed by atoms with Gasteiger partial charge < -0.3 is 10.2 Å². The number of benzene rings is 2.